The van der Waals surface area contributed by atoms with Gasteiger partial charge in [-0.1, -0.05) is 0 Å². The van der Waals surface area contributed by atoms with Gasteiger partial charge in [0.25, 0.3) is 35.4 Å². The van der Waals surface area contributed by atoms with Crippen LogP contribution in [0, 0.1) is 0 Å². The van der Waals surface area contributed by atoms with Crippen LogP contribution in [0.15, 0.2) is 36.5 Å². The molecule has 3 rings (SSSR count). The van der Waals surface area contributed by atoms with E-state index in [2.05, 4.69) is 0 Å². The quantitative estimate of drug-likeness (QED) is 0.414. The van der Waals surface area contributed by atoms with Gasteiger partial charge in [0.1, 0.15) is 0 Å². The van der Waals surface area contributed by atoms with Crippen LogP contribution in [-0.2, 0) is 28.8 Å². The zero-order valence-corrected chi connectivity index (χ0v) is 16.2. The summed E-state index contributed by atoms with van der Waals surface area (Å²) in [5.41, 5.74) is 0. The number of nitrogens with zero attached hydrogens (tertiary/aromatic N) is 4. The smallest absolute Gasteiger partial charge is 0.253 e. The van der Waals surface area contributed by atoms with Crippen molar-refractivity contribution in [2.24, 2.45) is 0 Å². The first-order chi connectivity index (χ1) is 13.4. The first-order valence-corrected chi connectivity index (χ1v) is 8.70. The number of halogens is 1. The molecule has 3 aliphatic heterocycles. The Kier molecular flexibility index (Phi) is 7.18. The third-order valence-corrected chi connectivity index (χ3v) is 4.62. The van der Waals surface area contributed by atoms with Crippen LogP contribution in [0.4, 0.5) is 0 Å². The molecule has 0 N–H and O–H groups in total. The summed E-state index contributed by atoms with van der Waals surface area (Å²) >= 11 is 0. The Balaban J connectivity index is 0.00000300. The summed E-state index contributed by atoms with van der Waals surface area (Å²) in [6.45, 7) is 1.16. The van der Waals surface area contributed by atoms with Crippen LogP contribution in [-0.4, -0.2) is 94.3 Å². The number of hydrogen-bond acceptors (Lipinski definition) is 7. The van der Waals surface area contributed by atoms with Crippen LogP contribution in [0.25, 0.3) is 0 Å². The molecule has 3 aliphatic rings. The average molecular weight is 423 g/mol. The molecular formula is C18H19ClN4O6. The molecular weight excluding hydrogens is 404 g/mol. The van der Waals surface area contributed by atoms with Crippen LogP contribution in [0.3, 0.4) is 0 Å². The van der Waals surface area contributed by atoms with E-state index < -0.39 is 35.4 Å². The van der Waals surface area contributed by atoms with Gasteiger partial charge in [-0.25, -0.2) is 0 Å². The maximum atomic E-state index is 11.7. The zero-order valence-electron chi connectivity index (χ0n) is 15.4. The summed E-state index contributed by atoms with van der Waals surface area (Å²) in [6, 6.07) is 0. The maximum absolute atomic E-state index is 11.7. The van der Waals surface area contributed by atoms with E-state index in [-0.39, 0.29) is 51.7 Å². The second kappa shape index (κ2) is 9.39. The van der Waals surface area contributed by atoms with Gasteiger partial charge in [-0.2, -0.15) is 0 Å². The SMILES string of the molecule is Cl.O=C1C=CC(=O)N1CCN(CCN1C(=O)C=CC1=O)CCN1C(=O)C=CC1=O. The molecule has 29 heavy (non-hydrogen) atoms. The van der Waals surface area contributed by atoms with Crippen molar-refractivity contribution < 1.29 is 28.8 Å². The molecule has 0 radical (unpaired) electrons. The van der Waals surface area contributed by atoms with Gasteiger partial charge in [-0.3, -0.25) is 48.4 Å². The van der Waals surface area contributed by atoms with Gasteiger partial charge in [0.15, 0.2) is 0 Å². The van der Waals surface area contributed by atoms with E-state index in [9.17, 15) is 28.8 Å². The first-order valence-electron chi connectivity index (χ1n) is 8.70. The minimum Gasteiger partial charge on any atom is -0.298 e. The third kappa shape index (κ3) is 5.04. The summed E-state index contributed by atoms with van der Waals surface area (Å²) < 4.78 is 0. The van der Waals surface area contributed by atoms with Gasteiger partial charge in [0, 0.05) is 75.7 Å². The maximum Gasteiger partial charge on any atom is 0.253 e. The molecule has 0 aliphatic carbocycles. The largest absolute Gasteiger partial charge is 0.298 e. The molecule has 0 atom stereocenters. The highest BCUT2D eigenvalue weighted by Gasteiger charge is 2.27. The number of carbonyl (C=O) groups excluding carboxylic acids is 6. The summed E-state index contributed by atoms with van der Waals surface area (Å²) in [4.78, 5) is 75.2. The molecule has 0 saturated heterocycles. The van der Waals surface area contributed by atoms with Crippen LogP contribution in [0.1, 0.15) is 0 Å². The van der Waals surface area contributed by atoms with Gasteiger partial charge in [0.05, 0.1) is 0 Å². The van der Waals surface area contributed by atoms with Crippen LogP contribution in [0.2, 0.25) is 0 Å². The van der Waals surface area contributed by atoms with Crippen molar-refractivity contribution in [2.75, 3.05) is 39.3 Å². The van der Waals surface area contributed by atoms with E-state index in [1.54, 1.807) is 4.90 Å². The topological polar surface area (TPSA) is 115 Å². The lowest BCUT2D eigenvalue weighted by atomic mass is 10.3. The minimum absolute atomic E-state index is 0. The Hall–Kier alpha value is -3.11. The molecule has 6 amide bonds. The van der Waals surface area contributed by atoms with Crippen molar-refractivity contribution >= 4 is 47.9 Å². The molecule has 0 fully saturated rings. The first kappa shape index (κ1) is 22.2. The predicted octanol–water partition coefficient (Wildman–Crippen LogP) is -1.51. The molecule has 0 unspecified atom stereocenters. The Morgan fingerprint density at radius 2 is 0.690 bits per heavy atom. The lowest BCUT2D eigenvalue weighted by Crippen LogP contribution is -2.45. The monoisotopic (exact) mass is 422 g/mol. The molecule has 0 saturated carbocycles. The van der Waals surface area contributed by atoms with Crippen LogP contribution in [0.5, 0.6) is 0 Å². The molecule has 0 aromatic heterocycles. The predicted molar refractivity (Wildman–Crippen MR) is 101 cm³/mol. The molecule has 0 aromatic carbocycles. The Labute approximate surface area is 172 Å². The third-order valence-electron chi connectivity index (χ3n) is 4.62. The standard InChI is InChI=1S/C18H18N4O6.ClH/c23-13-1-2-14(24)20(13)10-7-19(8-11-21-15(25)3-4-16(21)26)9-12-22-17(27)5-6-18(22)28;/h1-6H,7-12H2;1H. The number of amides is 6. The highest BCUT2D eigenvalue weighted by atomic mass is 35.5. The Morgan fingerprint density at radius 3 is 0.897 bits per heavy atom. The summed E-state index contributed by atoms with van der Waals surface area (Å²) in [5.74, 6) is -2.45. The number of hydrogen-bond donors (Lipinski definition) is 0. The fraction of sp³-hybridized carbons (Fsp3) is 0.333. The molecule has 3 heterocycles. The minimum atomic E-state index is -0.409. The second-order valence-corrected chi connectivity index (χ2v) is 6.33. The van der Waals surface area contributed by atoms with Crippen molar-refractivity contribution in [3.63, 3.8) is 0 Å². The van der Waals surface area contributed by atoms with Gasteiger partial charge in [-0.15, -0.1) is 12.4 Å². The van der Waals surface area contributed by atoms with E-state index in [4.69, 9.17) is 0 Å². The normalized spacial score (nSPS) is 18.3. The van der Waals surface area contributed by atoms with Crippen molar-refractivity contribution in [1.29, 1.82) is 0 Å². The molecule has 10 nitrogen and oxygen atoms in total. The van der Waals surface area contributed by atoms with Crippen LogP contribution < -0.4 is 0 Å². The van der Waals surface area contributed by atoms with Gasteiger partial charge >= 0.3 is 0 Å². The summed E-state index contributed by atoms with van der Waals surface area (Å²) in [7, 11) is 0. The Bertz CT molecular complexity index is 686. The lowest BCUT2D eigenvalue weighted by Gasteiger charge is -2.27. The van der Waals surface area contributed by atoms with Gasteiger partial charge < -0.3 is 0 Å². The van der Waals surface area contributed by atoms with E-state index in [1.807, 2.05) is 0 Å². The Morgan fingerprint density at radius 1 is 0.483 bits per heavy atom. The van der Waals surface area contributed by atoms with E-state index in [0.29, 0.717) is 0 Å². The summed E-state index contributed by atoms with van der Waals surface area (Å²) in [6.07, 6.45) is 7.13. The molecule has 154 valence electrons. The van der Waals surface area contributed by atoms with Crippen LogP contribution >= 0.6 is 12.4 Å². The van der Waals surface area contributed by atoms with Crippen molar-refractivity contribution in [3.05, 3.63) is 36.5 Å². The molecule has 0 aromatic rings. The van der Waals surface area contributed by atoms with E-state index >= 15 is 0 Å². The van der Waals surface area contributed by atoms with E-state index in [0.717, 1.165) is 14.7 Å². The fourth-order valence-corrected chi connectivity index (χ4v) is 3.01. The lowest BCUT2D eigenvalue weighted by molar-refractivity contribution is -0.137. The zero-order chi connectivity index (χ0) is 20.3. The van der Waals surface area contributed by atoms with Crippen molar-refractivity contribution in [3.8, 4) is 0 Å². The number of carbonyl (C=O) groups is 6. The van der Waals surface area contributed by atoms with Crippen molar-refractivity contribution in [1.82, 2.24) is 19.6 Å². The molecule has 11 heteroatoms. The fourth-order valence-electron chi connectivity index (χ4n) is 3.01. The summed E-state index contributed by atoms with van der Waals surface area (Å²) in [5, 5.41) is 0. The number of imide groups is 3. The number of rotatable bonds is 9. The van der Waals surface area contributed by atoms with Crippen molar-refractivity contribution in [2.45, 2.75) is 0 Å². The van der Waals surface area contributed by atoms with Gasteiger partial charge in [0.2, 0.25) is 0 Å². The molecule has 0 bridgehead atoms. The molecule has 0 spiro atoms. The van der Waals surface area contributed by atoms with Gasteiger partial charge in [-0.05, 0) is 0 Å². The van der Waals surface area contributed by atoms with E-state index in [1.165, 1.54) is 36.5 Å². The highest BCUT2D eigenvalue weighted by Crippen LogP contribution is 2.08. The average Bonchev–Trinajstić information content (AvgIpc) is 3.27. The second-order valence-electron chi connectivity index (χ2n) is 6.33. The highest BCUT2D eigenvalue weighted by molar-refractivity contribution is 6.14.